The molecule has 0 unspecified atom stereocenters. The first-order valence-electron chi connectivity index (χ1n) is 4.46. The molecule has 0 saturated heterocycles. The van der Waals surface area contributed by atoms with Crippen LogP contribution in [0, 0.1) is 6.92 Å². The van der Waals surface area contributed by atoms with Crippen LogP contribution in [-0.4, -0.2) is 20.6 Å². The maximum Gasteiger partial charge on any atom is 0.184 e. The van der Waals surface area contributed by atoms with Crippen LogP contribution in [0.1, 0.15) is 5.56 Å². The molecule has 0 aliphatic rings. The van der Waals surface area contributed by atoms with Crippen molar-refractivity contribution in [1.29, 1.82) is 0 Å². The molecule has 76 valence electrons. The molecule has 2 heterocycles. The summed E-state index contributed by atoms with van der Waals surface area (Å²) in [5.41, 5.74) is 0.685. The van der Waals surface area contributed by atoms with E-state index in [2.05, 4.69) is 10.1 Å². The molecule has 0 atom stereocenters. The third-order valence-corrected chi connectivity index (χ3v) is 1.94. The fourth-order valence-corrected chi connectivity index (χ4v) is 1.11. The highest BCUT2D eigenvalue weighted by molar-refractivity contribution is 5.57. The van der Waals surface area contributed by atoms with E-state index in [0.717, 1.165) is 0 Å². The summed E-state index contributed by atoms with van der Waals surface area (Å²) in [6, 6.07) is 1.49. The van der Waals surface area contributed by atoms with Crippen LogP contribution in [-0.2, 0) is 0 Å². The second-order valence-electron chi connectivity index (χ2n) is 3.11. The van der Waals surface area contributed by atoms with Crippen molar-refractivity contribution in [2.75, 3.05) is 0 Å². The van der Waals surface area contributed by atoms with Crippen LogP contribution in [0.2, 0.25) is 0 Å². The minimum atomic E-state index is 0.0177. The highest BCUT2D eigenvalue weighted by atomic mass is 16.1. The molecule has 0 spiro atoms. The van der Waals surface area contributed by atoms with Crippen molar-refractivity contribution < 1.29 is 0 Å². The number of hydrogen-bond acceptors (Lipinski definition) is 3. The number of hydrogen-bond donors (Lipinski definition) is 0. The predicted octanol–water partition coefficient (Wildman–Crippen LogP) is 0.693. The maximum atomic E-state index is 11.1. The molecular weight excluding hydrogens is 192 g/mol. The lowest BCUT2D eigenvalue weighted by atomic mass is 10.3. The van der Waals surface area contributed by atoms with E-state index in [4.69, 9.17) is 0 Å². The fourth-order valence-electron chi connectivity index (χ4n) is 1.11. The van der Waals surface area contributed by atoms with Crippen LogP contribution >= 0.6 is 0 Å². The summed E-state index contributed by atoms with van der Waals surface area (Å²) >= 11 is 0. The van der Waals surface area contributed by atoms with Crippen molar-refractivity contribution in [2.24, 2.45) is 5.10 Å². The van der Waals surface area contributed by atoms with Gasteiger partial charge in [0.05, 0.1) is 6.33 Å². The summed E-state index contributed by atoms with van der Waals surface area (Å²) in [5.74, 6) is 0. The van der Waals surface area contributed by atoms with Gasteiger partial charge in [-0.2, -0.15) is 5.10 Å². The molecule has 2 rings (SSSR count). The molecule has 0 amide bonds. The first-order valence-corrected chi connectivity index (χ1v) is 4.46. The second kappa shape index (κ2) is 3.91. The third kappa shape index (κ3) is 2.19. The molecule has 2 aromatic rings. The Morgan fingerprint density at radius 3 is 3.00 bits per heavy atom. The highest BCUT2D eigenvalue weighted by Crippen LogP contribution is 1.89. The largest absolute Gasteiger partial charge is 0.295 e. The summed E-state index contributed by atoms with van der Waals surface area (Å²) < 4.78 is 3.30. The SMILES string of the molecule is Cc1cn(/N=C/n2ccnc2)ccc1=O. The van der Waals surface area contributed by atoms with E-state index < -0.39 is 0 Å². The average molecular weight is 202 g/mol. The zero-order valence-electron chi connectivity index (χ0n) is 8.24. The highest BCUT2D eigenvalue weighted by Gasteiger charge is 1.91. The predicted molar refractivity (Wildman–Crippen MR) is 57.0 cm³/mol. The van der Waals surface area contributed by atoms with Crippen molar-refractivity contribution in [2.45, 2.75) is 6.92 Å². The van der Waals surface area contributed by atoms with Gasteiger partial charge >= 0.3 is 0 Å². The molecule has 0 aromatic carbocycles. The van der Waals surface area contributed by atoms with E-state index in [0.29, 0.717) is 5.56 Å². The number of pyridine rings is 1. The summed E-state index contributed by atoms with van der Waals surface area (Å²) in [6.07, 6.45) is 9.98. The molecule has 5 nitrogen and oxygen atoms in total. The Labute approximate surface area is 86.3 Å². The van der Waals surface area contributed by atoms with Crippen molar-refractivity contribution in [1.82, 2.24) is 14.2 Å². The molecule has 15 heavy (non-hydrogen) atoms. The number of rotatable bonds is 2. The Morgan fingerprint density at radius 1 is 1.47 bits per heavy atom. The van der Waals surface area contributed by atoms with Gasteiger partial charge in [-0.25, -0.2) is 9.66 Å². The molecule has 0 saturated carbocycles. The molecule has 0 radical (unpaired) electrons. The third-order valence-electron chi connectivity index (χ3n) is 1.94. The van der Waals surface area contributed by atoms with Crippen molar-refractivity contribution >= 4 is 6.34 Å². The van der Waals surface area contributed by atoms with Gasteiger partial charge in [-0.3, -0.25) is 9.36 Å². The quantitative estimate of drug-likeness (QED) is 0.531. The first-order chi connectivity index (χ1) is 7.25. The Balaban J connectivity index is 2.25. The van der Waals surface area contributed by atoms with Crippen LogP contribution in [0.5, 0.6) is 0 Å². The van der Waals surface area contributed by atoms with Crippen LogP contribution in [0.3, 0.4) is 0 Å². The molecule has 0 aliphatic heterocycles. The van der Waals surface area contributed by atoms with Crippen LogP contribution < -0.4 is 5.43 Å². The lowest BCUT2D eigenvalue weighted by Crippen LogP contribution is -2.06. The van der Waals surface area contributed by atoms with Crippen LogP contribution in [0.4, 0.5) is 0 Å². The van der Waals surface area contributed by atoms with Gasteiger partial charge in [-0.15, -0.1) is 0 Å². The van der Waals surface area contributed by atoms with E-state index in [9.17, 15) is 4.79 Å². The van der Waals surface area contributed by atoms with Gasteiger partial charge < -0.3 is 0 Å². The second-order valence-corrected chi connectivity index (χ2v) is 3.11. The lowest BCUT2D eigenvalue weighted by Gasteiger charge is -1.98. The van der Waals surface area contributed by atoms with E-state index in [1.165, 1.54) is 6.07 Å². The Bertz CT molecular complexity index is 525. The van der Waals surface area contributed by atoms with E-state index in [1.54, 1.807) is 53.6 Å². The molecule has 2 aromatic heterocycles. The zero-order chi connectivity index (χ0) is 10.7. The summed E-state index contributed by atoms with van der Waals surface area (Å²) in [4.78, 5) is 15.0. The zero-order valence-corrected chi connectivity index (χ0v) is 8.24. The Kier molecular flexibility index (Phi) is 2.45. The molecule has 0 N–H and O–H groups in total. The number of nitrogens with zero attached hydrogens (tertiary/aromatic N) is 4. The van der Waals surface area contributed by atoms with Crippen molar-refractivity contribution in [3.63, 3.8) is 0 Å². The monoisotopic (exact) mass is 202 g/mol. The van der Waals surface area contributed by atoms with Gasteiger partial charge in [0, 0.05) is 36.4 Å². The van der Waals surface area contributed by atoms with Gasteiger partial charge in [-0.05, 0) is 6.92 Å². The lowest BCUT2D eigenvalue weighted by molar-refractivity contribution is 0.850. The van der Waals surface area contributed by atoms with E-state index in [-0.39, 0.29) is 5.43 Å². The van der Waals surface area contributed by atoms with Gasteiger partial charge in [0.1, 0.15) is 6.34 Å². The standard InChI is InChI=1S/C10H10N4O/c1-9-6-14(4-2-10(9)15)12-8-13-5-3-11-7-13/h2-8H,1H3/b12-8+. The number of aryl methyl sites for hydroxylation is 1. The normalized spacial score (nSPS) is 11.0. The summed E-state index contributed by atoms with van der Waals surface area (Å²) in [6.45, 7) is 1.76. The average Bonchev–Trinajstić information content (AvgIpc) is 2.73. The molecule has 0 fully saturated rings. The summed E-state index contributed by atoms with van der Waals surface area (Å²) in [5, 5.41) is 4.13. The van der Waals surface area contributed by atoms with Gasteiger partial charge in [-0.1, -0.05) is 0 Å². The number of aromatic nitrogens is 3. The molecule has 5 heteroatoms. The van der Waals surface area contributed by atoms with Crippen LogP contribution in [0.15, 0.2) is 47.1 Å². The molecular formula is C10H10N4O. The van der Waals surface area contributed by atoms with E-state index >= 15 is 0 Å². The molecule has 0 bridgehead atoms. The van der Waals surface area contributed by atoms with Crippen molar-refractivity contribution in [3.05, 3.63) is 53.0 Å². The van der Waals surface area contributed by atoms with Crippen molar-refractivity contribution in [3.8, 4) is 0 Å². The molecule has 0 aliphatic carbocycles. The van der Waals surface area contributed by atoms with Gasteiger partial charge in [0.2, 0.25) is 0 Å². The fraction of sp³-hybridized carbons (Fsp3) is 0.100. The first kappa shape index (κ1) is 9.39. The minimum absolute atomic E-state index is 0.0177. The van der Waals surface area contributed by atoms with Crippen LogP contribution in [0.25, 0.3) is 0 Å². The van der Waals surface area contributed by atoms with Gasteiger partial charge in [0.15, 0.2) is 5.43 Å². The Hall–Kier alpha value is -2.17. The topological polar surface area (TPSA) is 52.2 Å². The van der Waals surface area contributed by atoms with Gasteiger partial charge in [0.25, 0.3) is 0 Å². The smallest absolute Gasteiger partial charge is 0.184 e. The Morgan fingerprint density at radius 2 is 2.33 bits per heavy atom. The summed E-state index contributed by atoms with van der Waals surface area (Å²) in [7, 11) is 0. The maximum absolute atomic E-state index is 11.1. The number of imidazole rings is 1. The van der Waals surface area contributed by atoms with E-state index in [1.807, 2.05) is 0 Å². The minimum Gasteiger partial charge on any atom is -0.295 e.